The van der Waals surface area contributed by atoms with Gasteiger partial charge in [0.25, 0.3) is 0 Å². The number of thioether (sulfide) groups is 1. The molecule has 3 heterocycles. The van der Waals surface area contributed by atoms with Gasteiger partial charge in [-0.2, -0.15) is 4.98 Å². The molecule has 0 bridgehead atoms. The van der Waals surface area contributed by atoms with E-state index in [0.29, 0.717) is 35.5 Å². The SMILES string of the molecule is COc1ccc(-c2noc(CSc3nnc(-c4cccs4)n3Cc3ccccc3)n2)c(OC)c1. The van der Waals surface area contributed by atoms with Crippen LogP contribution in [-0.2, 0) is 12.3 Å². The van der Waals surface area contributed by atoms with E-state index in [4.69, 9.17) is 14.0 Å². The van der Waals surface area contributed by atoms with Crippen LogP contribution < -0.4 is 9.47 Å². The molecule has 10 heteroatoms. The molecule has 0 aliphatic rings. The van der Waals surface area contributed by atoms with Crippen LogP contribution in [0.1, 0.15) is 11.5 Å². The van der Waals surface area contributed by atoms with E-state index >= 15 is 0 Å². The molecule has 0 unspecified atom stereocenters. The standard InChI is InChI=1S/C24H21N5O3S2/c1-30-17-10-11-18(19(13-17)31-2)22-25-21(32-28-22)15-34-24-27-26-23(20-9-6-12-33-20)29(24)14-16-7-4-3-5-8-16/h3-13H,14-15H2,1-2H3. The van der Waals surface area contributed by atoms with Crippen molar-refractivity contribution < 1.29 is 14.0 Å². The van der Waals surface area contributed by atoms with Gasteiger partial charge in [-0.25, -0.2) is 0 Å². The number of nitrogens with zero attached hydrogens (tertiary/aromatic N) is 5. The van der Waals surface area contributed by atoms with Gasteiger partial charge >= 0.3 is 0 Å². The highest BCUT2D eigenvalue weighted by atomic mass is 32.2. The zero-order valence-corrected chi connectivity index (χ0v) is 20.2. The highest BCUT2D eigenvalue weighted by Crippen LogP contribution is 2.33. The summed E-state index contributed by atoms with van der Waals surface area (Å²) in [7, 11) is 3.21. The molecule has 5 rings (SSSR count). The van der Waals surface area contributed by atoms with Gasteiger partial charge in [-0.15, -0.1) is 21.5 Å². The molecular weight excluding hydrogens is 470 g/mol. The summed E-state index contributed by atoms with van der Waals surface area (Å²) in [5, 5.41) is 15.9. The smallest absolute Gasteiger partial charge is 0.237 e. The van der Waals surface area contributed by atoms with Crippen LogP contribution in [0.2, 0.25) is 0 Å². The van der Waals surface area contributed by atoms with E-state index in [0.717, 1.165) is 21.4 Å². The Hall–Kier alpha value is -3.63. The number of hydrogen-bond donors (Lipinski definition) is 0. The van der Waals surface area contributed by atoms with E-state index in [1.165, 1.54) is 17.3 Å². The first-order valence-electron chi connectivity index (χ1n) is 10.4. The van der Waals surface area contributed by atoms with Crippen molar-refractivity contribution in [2.75, 3.05) is 14.2 Å². The number of thiophene rings is 1. The Balaban J connectivity index is 1.37. The zero-order valence-electron chi connectivity index (χ0n) is 18.5. The second kappa shape index (κ2) is 10.1. The third-order valence-corrected chi connectivity index (χ3v) is 6.90. The van der Waals surface area contributed by atoms with Crippen LogP contribution in [-0.4, -0.2) is 39.1 Å². The first-order chi connectivity index (χ1) is 16.7. The van der Waals surface area contributed by atoms with Crippen molar-refractivity contribution in [3.8, 4) is 33.6 Å². The average molecular weight is 492 g/mol. The lowest BCUT2D eigenvalue weighted by Gasteiger charge is -2.09. The molecule has 0 fully saturated rings. The minimum absolute atomic E-state index is 0.458. The monoisotopic (exact) mass is 491 g/mol. The van der Waals surface area contributed by atoms with E-state index in [1.807, 2.05) is 41.8 Å². The topological polar surface area (TPSA) is 88.1 Å². The third kappa shape index (κ3) is 4.68. The second-order valence-corrected chi connectivity index (χ2v) is 9.11. The zero-order chi connectivity index (χ0) is 23.3. The summed E-state index contributed by atoms with van der Waals surface area (Å²) in [6.07, 6.45) is 0. The molecule has 0 aliphatic heterocycles. The lowest BCUT2D eigenvalue weighted by atomic mass is 10.2. The molecule has 0 saturated carbocycles. The highest BCUT2D eigenvalue weighted by molar-refractivity contribution is 7.98. The quantitative estimate of drug-likeness (QED) is 0.253. The Kier molecular flexibility index (Phi) is 6.59. The van der Waals surface area contributed by atoms with Crippen molar-refractivity contribution in [1.82, 2.24) is 24.9 Å². The van der Waals surface area contributed by atoms with Gasteiger partial charge in [0.1, 0.15) is 11.5 Å². The maximum absolute atomic E-state index is 5.51. The highest BCUT2D eigenvalue weighted by Gasteiger charge is 2.18. The normalized spacial score (nSPS) is 11.0. The lowest BCUT2D eigenvalue weighted by Crippen LogP contribution is -2.03. The number of methoxy groups -OCH3 is 2. The molecule has 8 nitrogen and oxygen atoms in total. The van der Waals surface area contributed by atoms with Gasteiger partial charge in [0.2, 0.25) is 11.7 Å². The van der Waals surface area contributed by atoms with E-state index in [-0.39, 0.29) is 0 Å². The second-order valence-electron chi connectivity index (χ2n) is 7.22. The number of rotatable bonds is 9. The van der Waals surface area contributed by atoms with Gasteiger partial charge in [-0.1, -0.05) is 53.3 Å². The molecule has 2 aromatic carbocycles. The van der Waals surface area contributed by atoms with E-state index in [9.17, 15) is 0 Å². The van der Waals surface area contributed by atoms with Crippen molar-refractivity contribution in [3.05, 3.63) is 77.5 Å². The molecule has 0 spiro atoms. The Morgan fingerprint density at radius 3 is 2.65 bits per heavy atom. The molecular formula is C24H21N5O3S2. The molecule has 3 aromatic heterocycles. The summed E-state index contributed by atoms with van der Waals surface area (Å²) in [6, 6.07) is 19.8. The number of aromatic nitrogens is 5. The molecule has 34 heavy (non-hydrogen) atoms. The van der Waals surface area contributed by atoms with Crippen molar-refractivity contribution >= 4 is 23.1 Å². The Morgan fingerprint density at radius 1 is 1.00 bits per heavy atom. The summed E-state index contributed by atoms with van der Waals surface area (Å²) in [5.41, 5.74) is 1.91. The molecule has 172 valence electrons. The van der Waals surface area contributed by atoms with Gasteiger partial charge in [-0.05, 0) is 29.1 Å². The molecule has 0 saturated heterocycles. The number of ether oxygens (including phenoxy) is 2. The summed E-state index contributed by atoms with van der Waals surface area (Å²) >= 11 is 3.15. The minimum Gasteiger partial charge on any atom is -0.497 e. The fraction of sp³-hybridized carbons (Fsp3) is 0.167. The van der Waals surface area contributed by atoms with Crippen LogP contribution in [0.5, 0.6) is 11.5 Å². The molecule has 0 atom stereocenters. The van der Waals surface area contributed by atoms with E-state index in [1.54, 1.807) is 31.6 Å². The van der Waals surface area contributed by atoms with Gasteiger partial charge in [-0.3, -0.25) is 4.57 Å². The van der Waals surface area contributed by atoms with Gasteiger partial charge in [0.15, 0.2) is 11.0 Å². The predicted octanol–water partition coefficient (Wildman–Crippen LogP) is 5.41. The fourth-order valence-corrected chi connectivity index (χ4v) is 4.92. The van der Waals surface area contributed by atoms with Crippen LogP contribution in [0.3, 0.4) is 0 Å². The Labute approximate surface area is 204 Å². The van der Waals surface area contributed by atoms with E-state index < -0.39 is 0 Å². The molecule has 0 aliphatic carbocycles. The van der Waals surface area contributed by atoms with Gasteiger partial charge in [0.05, 0.1) is 37.0 Å². The summed E-state index contributed by atoms with van der Waals surface area (Å²) in [4.78, 5) is 5.63. The van der Waals surface area contributed by atoms with Crippen molar-refractivity contribution in [3.63, 3.8) is 0 Å². The van der Waals surface area contributed by atoms with Crippen LogP contribution in [0.4, 0.5) is 0 Å². The van der Waals surface area contributed by atoms with Crippen LogP contribution >= 0.6 is 23.1 Å². The van der Waals surface area contributed by atoms with Gasteiger partial charge in [0, 0.05) is 6.07 Å². The number of hydrogen-bond acceptors (Lipinski definition) is 9. The van der Waals surface area contributed by atoms with Crippen LogP contribution in [0.15, 0.2) is 75.7 Å². The van der Waals surface area contributed by atoms with Crippen LogP contribution in [0, 0.1) is 0 Å². The van der Waals surface area contributed by atoms with Crippen molar-refractivity contribution in [1.29, 1.82) is 0 Å². The van der Waals surface area contributed by atoms with Crippen LogP contribution in [0.25, 0.3) is 22.1 Å². The van der Waals surface area contributed by atoms with E-state index in [2.05, 4.69) is 43.1 Å². The summed E-state index contributed by atoms with van der Waals surface area (Å²) in [5.74, 6) is 3.56. The molecule has 0 radical (unpaired) electrons. The molecule has 0 amide bonds. The van der Waals surface area contributed by atoms with Crippen molar-refractivity contribution in [2.45, 2.75) is 17.5 Å². The van der Waals surface area contributed by atoms with Gasteiger partial charge < -0.3 is 14.0 Å². The maximum Gasteiger partial charge on any atom is 0.237 e. The fourth-order valence-electron chi connectivity index (χ4n) is 3.42. The minimum atomic E-state index is 0.458. The Morgan fingerprint density at radius 2 is 1.88 bits per heavy atom. The Bertz CT molecular complexity index is 1370. The first-order valence-corrected chi connectivity index (χ1v) is 12.3. The first kappa shape index (κ1) is 22.2. The number of benzene rings is 2. The predicted molar refractivity (Wildman–Crippen MR) is 131 cm³/mol. The average Bonchev–Trinajstić information content (AvgIpc) is 3.64. The van der Waals surface area contributed by atoms with Crippen molar-refractivity contribution in [2.24, 2.45) is 0 Å². The summed E-state index contributed by atoms with van der Waals surface area (Å²) < 4.78 is 18.4. The summed E-state index contributed by atoms with van der Waals surface area (Å²) in [6.45, 7) is 0.668. The molecule has 5 aromatic rings. The largest absolute Gasteiger partial charge is 0.497 e. The third-order valence-electron chi connectivity index (χ3n) is 5.08. The lowest BCUT2D eigenvalue weighted by molar-refractivity contribution is 0.388. The maximum atomic E-state index is 5.51. The molecule has 0 N–H and O–H groups in total.